The summed E-state index contributed by atoms with van der Waals surface area (Å²) >= 11 is 0. The topological polar surface area (TPSA) is 47.9 Å². The van der Waals surface area contributed by atoms with E-state index in [4.69, 9.17) is 14.2 Å². The van der Waals surface area contributed by atoms with Crippen LogP contribution >= 0.6 is 0 Å². The lowest BCUT2D eigenvalue weighted by atomic mass is 9.99. The van der Waals surface area contributed by atoms with Crippen LogP contribution in [0, 0.1) is 0 Å². The van der Waals surface area contributed by atoms with Gasteiger partial charge in [-0.15, -0.1) is 0 Å². The second-order valence-corrected chi connectivity index (χ2v) is 4.30. The Balaban J connectivity index is 2.39. The molecular weight excluding hydrogens is 215 g/mol. The molecule has 0 saturated carbocycles. The Kier molecular flexibility index (Phi) is 5.11. The molecule has 1 aliphatic rings. The van der Waals surface area contributed by atoms with Crippen molar-refractivity contribution in [3.05, 3.63) is 0 Å². The Labute approximate surface area is 95.7 Å². The summed E-state index contributed by atoms with van der Waals surface area (Å²) in [5.74, 6) is 0. The van der Waals surface area contributed by atoms with Gasteiger partial charge in [-0.25, -0.2) is 4.39 Å². The summed E-state index contributed by atoms with van der Waals surface area (Å²) in [6.45, 7) is 4.16. The van der Waals surface area contributed by atoms with Crippen LogP contribution in [0.3, 0.4) is 0 Å². The zero-order chi connectivity index (χ0) is 12.2. The molecule has 4 atom stereocenters. The molecule has 0 aromatic rings. The number of aliphatic hydroxyl groups is 1. The molecule has 1 heterocycles. The number of ether oxygens (including phenoxy) is 3. The Morgan fingerprint density at radius 1 is 1.50 bits per heavy atom. The fraction of sp³-hybridized carbons (Fsp3) is 1.00. The van der Waals surface area contributed by atoms with Gasteiger partial charge in [0.2, 0.25) is 0 Å². The van der Waals surface area contributed by atoms with E-state index in [-0.39, 0.29) is 6.61 Å². The summed E-state index contributed by atoms with van der Waals surface area (Å²) < 4.78 is 29.2. The molecule has 0 aliphatic carbocycles. The van der Waals surface area contributed by atoms with Gasteiger partial charge in [0.1, 0.15) is 11.7 Å². The minimum atomic E-state index is -1.60. The number of hydrogen-bond acceptors (Lipinski definition) is 4. The van der Waals surface area contributed by atoms with Crippen molar-refractivity contribution in [1.82, 2.24) is 0 Å². The van der Waals surface area contributed by atoms with E-state index in [1.54, 1.807) is 0 Å². The van der Waals surface area contributed by atoms with Crippen LogP contribution in [0.15, 0.2) is 0 Å². The molecule has 5 heteroatoms. The molecule has 4 nitrogen and oxygen atoms in total. The van der Waals surface area contributed by atoms with Crippen LogP contribution in [0.5, 0.6) is 0 Å². The van der Waals surface area contributed by atoms with Gasteiger partial charge in [0.25, 0.3) is 0 Å². The maximum Gasteiger partial charge on any atom is 0.189 e. The molecule has 96 valence electrons. The molecule has 16 heavy (non-hydrogen) atoms. The quantitative estimate of drug-likeness (QED) is 0.705. The molecule has 1 aliphatic heterocycles. The van der Waals surface area contributed by atoms with Crippen molar-refractivity contribution in [3.8, 4) is 0 Å². The van der Waals surface area contributed by atoms with Gasteiger partial charge in [-0.2, -0.15) is 0 Å². The summed E-state index contributed by atoms with van der Waals surface area (Å²) in [5.41, 5.74) is -1.60. The van der Waals surface area contributed by atoms with Gasteiger partial charge in [0, 0.05) is 13.7 Å². The Morgan fingerprint density at radius 3 is 2.69 bits per heavy atom. The number of hydrogen-bond donors (Lipinski definition) is 1. The van der Waals surface area contributed by atoms with Crippen molar-refractivity contribution in [2.24, 2.45) is 0 Å². The Bertz CT molecular complexity index is 210. The van der Waals surface area contributed by atoms with E-state index in [9.17, 15) is 9.50 Å². The fourth-order valence-electron chi connectivity index (χ4n) is 1.74. The zero-order valence-electron chi connectivity index (χ0n) is 10.1. The zero-order valence-corrected chi connectivity index (χ0v) is 10.1. The SMILES string of the molecule is CCCCOC[C@H]1O[C@H](OC)[C@](C)(O)[C@@H]1F. The van der Waals surface area contributed by atoms with Crippen LogP contribution in [0.25, 0.3) is 0 Å². The van der Waals surface area contributed by atoms with Crippen LogP contribution < -0.4 is 0 Å². The normalized spacial score (nSPS) is 39.2. The predicted octanol–water partition coefficient (Wildman–Crippen LogP) is 1.26. The minimum absolute atomic E-state index is 0.150. The van der Waals surface area contributed by atoms with E-state index >= 15 is 0 Å². The van der Waals surface area contributed by atoms with Crippen molar-refractivity contribution in [1.29, 1.82) is 0 Å². The van der Waals surface area contributed by atoms with Crippen LogP contribution in [0.2, 0.25) is 0 Å². The highest BCUT2D eigenvalue weighted by molar-refractivity contribution is 4.97. The third-order valence-corrected chi connectivity index (χ3v) is 2.80. The average Bonchev–Trinajstić information content (AvgIpc) is 2.47. The molecule has 0 aromatic heterocycles. The van der Waals surface area contributed by atoms with Gasteiger partial charge in [-0.3, -0.25) is 0 Å². The van der Waals surface area contributed by atoms with Gasteiger partial charge < -0.3 is 19.3 Å². The van der Waals surface area contributed by atoms with E-state index in [1.165, 1.54) is 14.0 Å². The van der Waals surface area contributed by atoms with E-state index < -0.39 is 24.2 Å². The van der Waals surface area contributed by atoms with Crippen molar-refractivity contribution in [2.75, 3.05) is 20.3 Å². The number of alkyl halides is 1. The van der Waals surface area contributed by atoms with E-state index in [2.05, 4.69) is 6.92 Å². The molecule has 1 N–H and O–H groups in total. The lowest BCUT2D eigenvalue weighted by molar-refractivity contribution is -0.186. The van der Waals surface area contributed by atoms with E-state index in [1.807, 2.05) is 0 Å². The molecule has 0 spiro atoms. The fourth-order valence-corrected chi connectivity index (χ4v) is 1.74. The highest BCUT2D eigenvalue weighted by atomic mass is 19.1. The summed E-state index contributed by atoms with van der Waals surface area (Å²) in [6, 6.07) is 0. The second-order valence-electron chi connectivity index (χ2n) is 4.30. The Hall–Kier alpha value is -0.230. The highest BCUT2D eigenvalue weighted by Gasteiger charge is 2.53. The maximum atomic E-state index is 13.8. The van der Waals surface area contributed by atoms with Gasteiger partial charge >= 0.3 is 0 Å². The van der Waals surface area contributed by atoms with Crippen LogP contribution in [0.4, 0.5) is 4.39 Å². The lowest BCUT2D eigenvalue weighted by Gasteiger charge is -2.23. The number of unbranched alkanes of at least 4 members (excludes halogenated alkanes) is 1. The minimum Gasteiger partial charge on any atom is -0.382 e. The van der Waals surface area contributed by atoms with Crippen LogP contribution in [-0.2, 0) is 14.2 Å². The average molecular weight is 236 g/mol. The largest absolute Gasteiger partial charge is 0.382 e. The second kappa shape index (κ2) is 5.91. The van der Waals surface area contributed by atoms with Crippen molar-refractivity contribution >= 4 is 0 Å². The summed E-state index contributed by atoms with van der Waals surface area (Å²) in [6.07, 6.45) is -1.20. The smallest absolute Gasteiger partial charge is 0.189 e. The molecular formula is C11H21FO4. The van der Waals surface area contributed by atoms with Crippen molar-refractivity contribution in [2.45, 2.75) is 50.9 Å². The first-order valence-corrected chi connectivity index (χ1v) is 5.66. The first kappa shape index (κ1) is 13.8. The lowest BCUT2D eigenvalue weighted by Crippen LogP contribution is -2.44. The van der Waals surface area contributed by atoms with Gasteiger partial charge in [0.05, 0.1) is 6.61 Å². The van der Waals surface area contributed by atoms with Gasteiger partial charge in [0.15, 0.2) is 12.5 Å². The maximum absolute atomic E-state index is 13.8. The number of methoxy groups -OCH3 is 1. The molecule has 1 fully saturated rings. The third kappa shape index (κ3) is 2.91. The molecule has 1 rings (SSSR count). The predicted molar refractivity (Wildman–Crippen MR) is 56.9 cm³/mol. The van der Waals surface area contributed by atoms with Gasteiger partial charge in [-0.05, 0) is 13.3 Å². The number of halogens is 1. The van der Waals surface area contributed by atoms with Crippen LogP contribution in [-0.4, -0.2) is 49.6 Å². The van der Waals surface area contributed by atoms with Crippen molar-refractivity contribution in [3.63, 3.8) is 0 Å². The summed E-state index contributed by atoms with van der Waals surface area (Å²) in [7, 11) is 1.38. The van der Waals surface area contributed by atoms with Crippen molar-refractivity contribution < 1.29 is 23.7 Å². The molecule has 0 radical (unpaired) electrons. The molecule has 0 amide bonds. The molecule has 0 aromatic carbocycles. The van der Waals surface area contributed by atoms with E-state index in [0.717, 1.165) is 12.8 Å². The monoisotopic (exact) mass is 236 g/mol. The highest BCUT2D eigenvalue weighted by Crippen LogP contribution is 2.33. The standard InChI is InChI=1S/C11H21FO4/c1-4-5-6-15-7-8-9(12)11(2,13)10(14-3)16-8/h8-10,13H,4-7H2,1-3H3/t8-,9-,10+,11-/m1/s1. The summed E-state index contributed by atoms with van der Waals surface area (Å²) in [5, 5.41) is 9.82. The summed E-state index contributed by atoms with van der Waals surface area (Å²) in [4.78, 5) is 0. The Morgan fingerprint density at radius 2 is 2.19 bits per heavy atom. The molecule has 0 unspecified atom stereocenters. The van der Waals surface area contributed by atoms with Gasteiger partial charge in [-0.1, -0.05) is 13.3 Å². The van der Waals surface area contributed by atoms with Crippen LogP contribution in [0.1, 0.15) is 26.7 Å². The first-order chi connectivity index (χ1) is 7.54. The van der Waals surface area contributed by atoms with E-state index in [0.29, 0.717) is 6.61 Å². The molecule has 1 saturated heterocycles. The first-order valence-electron chi connectivity index (χ1n) is 5.66. The number of rotatable bonds is 6. The molecule has 0 bridgehead atoms. The third-order valence-electron chi connectivity index (χ3n) is 2.80.